The first-order chi connectivity index (χ1) is 12.2. The maximum absolute atomic E-state index is 3.24. The maximum Gasteiger partial charge on any atom is 0.0785 e. The molecular formula is C24H20S. The van der Waals surface area contributed by atoms with Crippen molar-refractivity contribution in [3.8, 4) is 23.7 Å². The lowest BCUT2D eigenvalue weighted by Crippen LogP contribution is -1.82. The molecule has 0 aliphatic rings. The molecule has 0 saturated heterocycles. The molecule has 0 saturated carbocycles. The summed E-state index contributed by atoms with van der Waals surface area (Å²) in [6, 6.07) is 20.9. The van der Waals surface area contributed by atoms with E-state index in [1.54, 1.807) is 11.3 Å². The Balaban J connectivity index is 1.69. The largest absolute Gasteiger partial charge is 0.118 e. The minimum atomic E-state index is 1.04. The zero-order valence-electron chi connectivity index (χ0n) is 14.6. The molecule has 0 atom stereocenters. The molecule has 0 spiro atoms. The highest BCUT2D eigenvalue weighted by molar-refractivity contribution is 7.13. The molecule has 25 heavy (non-hydrogen) atoms. The Morgan fingerprint density at radius 3 is 1.72 bits per heavy atom. The van der Waals surface area contributed by atoms with Gasteiger partial charge in [0.15, 0.2) is 0 Å². The van der Waals surface area contributed by atoms with E-state index in [0.29, 0.717) is 0 Å². The molecule has 0 nitrogen and oxygen atoms in total. The monoisotopic (exact) mass is 340 g/mol. The molecule has 3 aromatic rings. The summed E-state index contributed by atoms with van der Waals surface area (Å²) in [6.45, 7) is 4.28. The fourth-order valence-corrected chi connectivity index (χ4v) is 3.13. The molecule has 0 fully saturated rings. The van der Waals surface area contributed by atoms with Crippen molar-refractivity contribution in [2.45, 2.75) is 26.7 Å². The highest BCUT2D eigenvalue weighted by Crippen LogP contribution is 2.15. The van der Waals surface area contributed by atoms with Crippen LogP contribution in [0.1, 0.15) is 45.4 Å². The van der Waals surface area contributed by atoms with Crippen LogP contribution in [0.2, 0.25) is 0 Å². The molecule has 0 aliphatic heterocycles. The predicted molar refractivity (Wildman–Crippen MR) is 108 cm³/mol. The normalized spacial score (nSPS) is 9.68. The zero-order chi connectivity index (χ0) is 17.5. The number of hydrogen-bond acceptors (Lipinski definition) is 1. The van der Waals surface area contributed by atoms with Gasteiger partial charge in [0.05, 0.1) is 9.75 Å². The minimum Gasteiger partial charge on any atom is -0.118 e. The minimum absolute atomic E-state index is 1.04. The first-order valence-corrected chi connectivity index (χ1v) is 9.34. The Labute approximate surface area is 154 Å². The van der Waals surface area contributed by atoms with Gasteiger partial charge in [-0.1, -0.05) is 66.9 Å². The van der Waals surface area contributed by atoms with E-state index in [4.69, 9.17) is 0 Å². The highest BCUT2D eigenvalue weighted by atomic mass is 32.1. The van der Waals surface area contributed by atoms with E-state index in [1.165, 1.54) is 17.5 Å². The lowest BCUT2D eigenvalue weighted by Gasteiger charge is -1.97. The van der Waals surface area contributed by atoms with Crippen LogP contribution in [-0.4, -0.2) is 0 Å². The van der Waals surface area contributed by atoms with Crippen LogP contribution in [0.25, 0.3) is 0 Å². The third kappa shape index (κ3) is 5.12. The standard InChI is InChI=1S/C24H20S/c1-3-4-20-9-11-22(12-10-20)14-16-24-18-17-23(25-24)15-13-21-7-5-19(2)6-8-21/h5-12,17-18H,3-4H2,1-2H3. The van der Waals surface area contributed by atoms with Gasteiger partial charge < -0.3 is 0 Å². The number of hydrogen-bond donors (Lipinski definition) is 0. The summed E-state index contributed by atoms with van der Waals surface area (Å²) in [6.07, 6.45) is 2.30. The van der Waals surface area contributed by atoms with Crippen LogP contribution in [0.15, 0.2) is 60.7 Å². The summed E-state index contributed by atoms with van der Waals surface area (Å²) >= 11 is 1.64. The van der Waals surface area contributed by atoms with E-state index in [2.05, 4.69) is 86.1 Å². The van der Waals surface area contributed by atoms with Crippen molar-refractivity contribution >= 4 is 11.3 Å². The lowest BCUT2D eigenvalue weighted by atomic mass is 10.1. The molecule has 0 aliphatic carbocycles. The second-order valence-electron chi connectivity index (χ2n) is 5.98. The van der Waals surface area contributed by atoms with E-state index in [-0.39, 0.29) is 0 Å². The Hall–Kier alpha value is -2.74. The van der Waals surface area contributed by atoms with Gasteiger partial charge in [0, 0.05) is 11.1 Å². The Morgan fingerprint density at radius 2 is 1.20 bits per heavy atom. The van der Waals surface area contributed by atoms with Crippen LogP contribution in [0.4, 0.5) is 0 Å². The van der Waals surface area contributed by atoms with Gasteiger partial charge >= 0.3 is 0 Å². The van der Waals surface area contributed by atoms with Crippen LogP contribution in [-0.2, 0) is 6.42 Å². The van der Waals surface area contributed by atoms with Gasteiger partial charge in [0.2, 0.25) is 0 Å². The van der Waals surface area contributed by atoms with E-state index < -0.39 is 0 Å². The molecule has 122 valence electrons. The van der Waals surface area contributed by atoms with Crippen molar-refractivity contribution in [3.05, 3.63) is 92.7 Å². The Kier molecular flexibility index (Phi) is 5.73. The second-order valence-corrected chi connectivity index (χ2v) is 7.06. The quantitative estimate of drug-likeness (QED) is 0.517. The van der Waals surface area contributed by atoms with E-state index in [1.807, 2.05) is 12.1 Å². The number of thiophene rings is 1. The average Bonchev–Trinajstić information content (AvgIpc) is 3.09. The second kappa shape index (κ2) is 8.39. The van der Waals surface area contributed by atoms with Crippen molar-refractivity contribution in [2.24, 2.45) is 0 Å². The first kappa shape index (κ1) is 17.1. The van der Waals surface area contributed by atoms with Crippen LogP contribution >= 0.6 is 11.3 Å². The van der Waals surface area contributed by atoms with Gasteiger partial charge in [0.1, 0.15) is 0 Å². The molecule has 1 heteroatoms. The van der Waals surface area contributed by atoms with E-state index in [0.717, 1.165) is 27.3 Å². The van der Waals surface area contributed by atoms with Crippen molar-refractivity contribution in [3.63, 3.8) is 0 Å². The molecular weight excluding hydrogens is 320 g/mol. The Morgan fingerprint density at radius 1 is 0.680 bits per heavy atom. The zero-order valence-corrected chi connectivity index (χ0v) is 15.4. The van der Waals surface area contributed by atoms with Gasteiger partial charge in [-0.15, -0.1) is 11.3 Å². The van der Waals surface area contributed by atoms with Crippen LogP contribution in [0, 0.1) is 30.6 Å². The molecule has 1 aromatic heterocycles. The fourth-order valence-electron chi connectivity index (χ4n) is 2.42. The van der Waals surface area contributed by atoms with Crippen LogP contribution in [0.5, 0.6) is 0 Å². The molecule has 0 bridgehead atoms. The molecule has 0 N–H and O–H groups in total. The topological polar surface area (TPSA) is 0 Å². The van der Waals surface area contributed by atoms with Gasteiger partial charge in [-0.05, 0) is 55.3 Å². The van der Waals surface area contributed by atoms with Crippen molar-refractivity contribution in [2.75, 3.05) is 0 Å². The molecule has 3 rings (SSSR count). The SMILES string of the molecule is CCCc1ccc(C#Cc2ccc(C#Cc3ccc(C)cc3)s2)cc1. The lowest BCUT2D eigenvalue weighted by molar-refractivity contribution is 0.922. The van der Waals surface area contributed by atoms with Gasteiger partial charge in [0.25, 0.3) is 0 Å². The number of rotatable bonds is 2. The number of benzene rings is 2. The first-order valence-electron chi connectivity index (χ1n) is 8.52. The summed E-state index contributed by atoms with van der Waals surface area (Å²) in [5, 5.41) is 0. The third-order valence-electron chi connectivity index (χ3n) is 3.81. The molecule has 0 amide bonds. The maximum atomic E-state index is 3.24. The Bertz CT molecular complexity index is 949. The van der Waals surface area contributed by atoms with E-state index >= 15 is 0 Å². The summed E-state index contributed by atoms with van der Waals surface area (Å²) < 4.78 is 0. The van der Waals surface area contributed by atoms with Gasteiger partial charge in [-0.2, -0.15) is 0 Å². The summed E-state index contributed by atoms with van der Waals surface area (Å²) in [5.41, 5.74) is 4.72. The molecule has 2 aromatic carbocycles. The van der Waals surface area contributed by atoms with Crippen LogP contribution in [0.3, 0.4) is 0 Å². The fraction of sp³-hybridized carbons (Fsp3) is 0.167. The summed E-state index contributed by atoms with van der Waals surface area (Å²) in [5.74, 6) is 12.9. The summed E-state index contributed by atoms with van der Waals surface area (Å²) in [4.78, 5) is 2.09. The van der Waals surface area contributed by atoms with Crippen LogP contribution < -0.4 is 0 Å². The van der Waals surface area contributed by atoms with Gasteiger partial charge in [-0.25, -0.2) is 0 Å². The highest BCUT2D eigenvalue weighted by Gasteiger charge is 1.95. The summed E-state index contributed by atoms with van der Waals surface area (Å²) in [7, 11) is 0. The van der Waals surface area contributed by atoms with Crippen molar-refractivity contribution in [1.82, 2.24) is 0 Å². The predicted octanol–water partition coefficient (Wildman–Crippen LogP) is 5.81. The van der Waals surface area contributed by atoms with Crippen molar-refractivity contribution < 1.29 is 0 Å². The van der Waals surface area contributed by atoms with Crippen molar-refractivity contribution in [1.29, 1.82) is 0 Å². The van der Waals surface area contributed by atoms with Gasteiger partial charge in [-0.3, -0.25) is 0 Å². The smallest absolute Gasteiger partial charge is 0.0785 e. The number of aryl methyl sites for hydroxylation is 2. The molecule has 0 unspecified atom stereocenters. The average molecular weight is 340 g/mol. The molecule has 1 heterocycles. The van der Waals surface area contributed by atoms with E-state index in [9.17, 15) is 0 Å². The molecule has 0 radical (unpaired) electrons. The third-order valence-corrected chi connectivity index (χ3v) is 4.73.